The Morgan fingerprint density at radius 3 is 2.71 bits per heavy atom. The second-order valence-electron chi connectivity index (χ2n) is 7.25. The molecule has 2 aliphatic rings. The molecule has 2 aromatic heterocycles. The van der Waals surface area contributed by atoms with Crippen molar-refractivity contribution < 1.29 is 24.9 Å². The van der Waals surface area contributed by atoms with E-state index in [1.807, 2.05) is 12.1 Å². The summed E-state index contributed by atoms with van der Waals surface area (Å²) < 4.78 is 7.37. The molecule has 0 radical (unpaired) electrons. The second-order valence-corrected chi connectivity index (χ2v) is 7.25. The standard InChI is InChI=1S/C19H18N4O5/c1-19(27)14(25)12(7-24)28-18(19)23-6-11-9-4-2-3-5-10(9)17(26)22-15-13(11)16(23)21-8-20-15/h2-6,8,12,14,18,24-25,27H,7H2,1H3,(H,20,21,22,26)/t12-,14-,18-,19-/m1/s1. The molecule has 1 aromatic carbocycles. The molecule has 1 fully saturated rings. The van der Waals surface area contributed by atoms with Gasteiger partial charge < -0.3 is 29.9 Å². The summed E-state index contributed by atoms with van der Waals surface area (Å²) in [6.07, 6.45) is -0.140. The highest BCUT2D eigenvalue weighted by Gasteiger charge is 2.53. The summed E-state index contributed by atoms with van der Waals surface area (Å²) in [4.78, 5) is 21.1. The molecule has 0 aliphatic carbocycles. The summed E-state index contributed by atoms with van der Waals surface area (Å²) >= 11 is 0. The highest BCUT2D eigenvalue weighted by atomic mass is 16.6. The van der Waals surface area contributed by atoms with E-state index >= 15 is 0 Å². The maximum atomic E-state index is 12.6. The number of carbonyl (C=O) groups is 1. The number of nitrogens with one attached hydrogen (secondary N) is 1. The number of aliphatic hydroxyl groups excluding tert-OH is 2. The van der Waals surface area contributed by atoms with Crippen LogP contribution >= 0.6 is 0 Å². The molecule has 9 nitrogen and oxygen atoms in total. The van der Waals surface area contributed by atoms with Crippen LogP contribution in [0, 0.1) is 0 Å². The second kappa shape index (κ2) is 5.82. The minimum atomic E-state index is -1.66. The summed E-state index contributed by atoms with van der Waals surface area (Å²) in [6, 6.07) is 7.16. The van der Waals surface area contributed by atoms with Crippen LogP contribution in [0.15, 0.2) is 36.8 Å². The van der Waals surface area contributed by atoms with Crippen molar-refractivity contribution in [3.8, 4) is 11.1 Å². The largest absolute Gasteiger partial charge is 0.394 e. The molecule has 28 heavy (non-hydrogen) atoms. The zero-order valence-electron chi connectivity index (χ0n) is 14.9. The fourth-order valence-corrected chi connectivity index (χ4v) is 4.04. The SMILES string of the molecule is C[C@@]1(O)[C@H](O)[C@@H](CO)O[C@H]1n1cc2c3c(ncnc31)NC(=O)c1ccccc1-2. The molecule has 4 N–H and O–H groups in total. The Bertz CT molecular complexity index is 1110. The summed E-state index contributed by atoms with van der Waals surface area (Å²) in [5.74, 6) is 0.0927. The van der Waals surface area contributed by atoms with Gasteiger partial charge in [0.05, 0.1) is 12.0 Å². The number of nitrogens with zero attached hydrogens (tertiary/aromatic N) is 3. The quantitative estimate of drug-likeness (QED) is 0.512. The third-order valence-electron chi connectivity index (χ3n) is 5.49. The van der Waals surface area contributed by atoms with Gasteiger partial charge in [0.15, 0.2) is 6.23 Å². The number of fused-ring (bicyclic) bond motifs is 2. The predicted octanol–water partition coefficient (Wildman–Crippen LogP) is 0.666. The molecule has 3 aromatic rings. The summed E-state index contributed by atoms with van der Waals surface area (Å²) in [7, 11) is 0. The summed E-state index contributed by atoms with van der Waals surface area (Å²) in [5.41, 5.74) is 0.685. The fraction of sp³-hybridized carbons (Fsp3) is 0.316. The molecule has 0 saturated carbocycles. The lowest BCUT2D eigenvalue weighted by Gasteiger charge is -2.27. The zero-order valence-corrected chi connectivity index (χ0v) is 14.9. The van der Waals surface area contributed by atoms with Crippen molar-refractivity contribution in [1.29, 1.82) is 0 Å². The lowest BCUT2D eigenvalue weighted by molar-refractivity contribution is -0.0948. The van der Waals surface area contributed by atoms with Crippen LogP contribution in [0.3, 0.4) is 0 Å². The monoisotopic (exact) mass is 382 g/mol. The third-order valence-corrected chi connectivity index (χ3v) is 5.49. The number of rotatable bonds is 2. The smallest absolute Gasteiger partial charge is 0.257 e. The van der Waals surface area contributed by atoms with Gasteiger partial charge in [0.2, 0.25) is 0 Å². The van der Waals surface area contributed by atoms with Gasteiger partial charge >= 0.3 is 0 Å². The molecular weight excluding hydrogens is 364 g/mol. The van der Waals surface area contributed by atoms with Crippen LogP contribution in [0.1, 0.15) is 23.5 Å². The molecule has 0 spiro atoms. The number of aliphatic hydroxyl groups is 3. The summed E-state index contributed by atoms with van der Waals surface area (Å²) in [5, 5.41) is 34.1. The molecular formula is C19H18N4O5. The Kier molecular flexibility index (Phi) is 3.59. The predicted molar refractivity (Wildman–Crippen MR) is 98.5 cm³/mol. The number of carbonyl (C=O) groups excluding carboxylic acids is 1. The van der Waals surface area contributed by atoms with Crippen LogP contribution in [0.2, 0.25) is 0 Å². The van der Waals surface area contributed by atoms with Gasteiger partial charge in [-0.2, -0.15) is 0 Å². The van der Waals surface area contributed by atoms with Crippen LogP contribution in [-0.2, 0) is 4.74 Å². The molecule has 0 bridgehead atoms. The molecule has 4 atom stereocenters. The molecule has 1 amide bonds. The Balaban J connectivity index is 1.78. The normalized spacial score (nSPS) is 28.9. The minimum Gasteiger partial charge on any atom is -0.394 e. The van der Waals surface area contributed by atoms with Crippen molar-refractivity contribution in [3.63, 3.8) is 0 Å². The lowest BCUT2D eigenvalue weighted by atomic mass is 9.96. The fourth-order valence-electron chi connectivity index (χ4n) is 4.04. The van der Waals surface area contributed by atoms with E-state index < -0.39 is 30.6 Å². The van der Waals surface area contributed by atoms with E-state index in [9.17, 15) is 20.1 Å². The van der Waals surface area contributed by atoms with E-state index in [-0.39, 0.29) is 5.91 Å². The van der Waals surface area contributed by atoms with E-state index in [4.69, 9.17) is 4.74 Å². The van der Waals surface area contributed by atoms with Gasteiger partial charge in [0.25, 0.3) is 5.91 Å². The van der Waals surface area contributed by atoms with E-state index in [2.05, 4.69) is 15.3 Å². The number of amides is 1. The number of benzene rings is 1. The average molecular weight is 382 g/mol. The van der Waals surface area contributed by atoms with E-state index in [0.717, 1.165) is 0 Å². The number of ether oxygens (including phenoxy) is 1. The Hall–Kier alpha value is -2.85. The first-order chi connectivity index (χ1) is 13.4. The van der Waals surface area contributed by atoms with Crippen LogP contribution < -0.4 is 5.32 Å². The van der Waals surface area contributed by atoms with Crippen molar-refractivity contribution in [2.75, 3.05) is 11.9 Å². The minimum absolute atomic E-state index is 0.266. The zero-order chi connectivity index (χ0) is 19.6. The number of aromatic nitrogens is 3. The Morgan fingerprint density at radius 1 is 1.25 bits per heavy atom. The van der Waals surface area contributed by atoms with Crippen molar-refractivity contribution in [2.45, 2.75) is 31.0 Å². The first-order valence-electron chi connectivity index (χ1n) is 8.86. The Labute approximate surface area is 159 Å². The highest BCUT2D eigenvalue weighted by molar-refractivity contribution is 6.17. The number of anilines is 1. The lowest BCUT2D eigenvalue weighted by Crippen LogP contribution is -2.44. The van der Waals surface area contributed by atoms with E-state index in [1.165, 1.54) is 13.3 Å². The highest BCUT2D eigenvalue weighted by Crippen LogP contribution is 2.44. The third kappa shape index (κ3) is 2.18. The first-order valence-corrected chi connectivity index (χ1v) is 8.86. The van der Waals surface area contributed by atoms with E-state index in [1.54, 1.807) is 22.9 Å². The van der Waals surface area contributed by atoms with Gasteiger partial charge in [-0.1, -0.05) is 18.2 Å². The van der Waals surface area contributed by atoms with Gasteiger partial charge in [0.1, 0.15) is 35.6 Å². The maximum Gasteiger partial charge on any atom is 0.257 e. The molecule has 1 saturated heterocycles. The van der Waals surface area contributed by atoms with Crippen molar-refractivity contribution in [1.82, 2.24) is 14.5 Å². The number of hydrogen-bond donors (Lipinski definition) is 4. The molecule has 2 aliphatic heterocycles. The van der Waals surface area contributed by atoms with Crippen LogP contribution in [-0.4, -0.2) is 60.2 Å². The van der Waals surface area contributed by atoms with Crippen molar-refractivity contribution in [2.24, 2.45) is 0 Å². The summed E-state index contributed by atoms with van der Waals surface area (Å²) in [6.45, 7) is 1.02. The average Bonchev–Trinajstić information content (AvgIpc) is 3.13. The molecule has 9 heteroatoms. The molecule has 5 rings (SSSR count). The molecule has 4 heterocycles. The van der Waals surface area contributed by atoms with Crippen molar-refractivity contribution >= 4 is 22.8 Å². The van der Waals surface area contributed by atoms with Gasteiger partial charge in [-0.25, -0.2) is 9.97 Å². The van der Waals surface area contributed by atoms with Crippen LogP contribution in [0.4, 0.5) is 5.82 Å². The topological polar surface area (TPSA) is 130 Å². The van der Waals surface area contributed by atoms with Gasteiger partial charge in [0, 0.05) is 17.3 Å². The molecule has 144 valence electrons. The van der Waals surface area contributed by atoms with Crippen molar-refractivity contribution in [3.05, 3.63) is 42.4 Å². The maximum absolute atomic E-state index is 12.6. The Morgan fingerprint density at radius 2 is 2.00 bits per heavy atom. The van der Waals surface area contributed by atoms with Gasteiger partial charge in [-0.15, -0.1) is 0 Å². The first kappa shape index (κ1) is 17.3. The number of hydrogen-bond acceptors (Lipinski definition) is 7. The van der Waals surface area contributed by atoms with Crippen LogP contribution in [0.25, 0.3) is 22.2 Å². The van der Waals surface area contributed by atoms with Crippen LogP contribution in [0.5, 0.6) is 0 Å². The molecule has 0 unspecified atom stereocenters. The van der Waals surface area contributed by atoms with E-state index in [0.29, 0.717) is 33.5 Å². The van der Waals surface area contributed by atoms with Gasteiger partial charge in [-0.05, 0) is 18.6 Å². The van der Waals surface area contributed by atoms with Gasteiger partial charge in [-0.3, -0.25) is 4.79 Å².